The molecule has 5 nitrogen and oxygen atoms in total. The van der Waals surface area contributed by atoms with Gasteiger partial charge in [-0.25, -0.2) is 4.98 Å². The number of carbonyl (C=O) groups excluding carboxylic acids is 1. The highest BCUT2D eigenvalue weighted by Gasteiger charge is 2.34. The number of nitrogens with one attached hydrogen (secondary N) is 1. The van der Waals surface area contributed by atoms with Crippen molar-refractivity contribution < 1.29 is 18.0 Å². The number of amides is 1. The molecular formula is C6H4F3N3O2. The second-order valence-corrected chi connectivity index (χ2v) is 2.34. The summed E-state index contributed by atoms with van der Waals surface area (Å²) < 4.78 is 35.9. The van der Waals surface area contributed by atoms with Crippen LogP contribution in [0.5, 0.6) is 0 Å². The molecule has 0 saturated carbocycles. The van der Waals surface area contributed by atoms with Gasteiger partial charge in [-0.15, -0.1) is 0 Å². The lowest BCUT2D eigenvalue weighted by molar-refractivity contribution is -0.145. The second kappa shape index (κ2) is 3.13. The minimum absolute atomic E-state index is 0.490. The van der Waals surface area contributed by atoms with Gasteiger partial charge in [0.15, 0.2) is 0 Å². The maximum absolute atomic E-state index is 12.0. The summed E-state index contributed by atoms with van der Waals surface area (Å²) in [5, 5.41) is 0. The van der Waals surface area contributed by atoms with E-state index in [1.54, 1.807) is 0 Å². The quantitative estimate of drug-likeness (QED) is 0.673. The molecule has 8 heteroatoms. The Morgan fingerprint density at radius 3 is 2.43 bits per heavy atom. The first-order valence-corrected chi connectivity index (χ1v) is 3.28. The zero-order valence-corrected chi connectivity index (χ0v) is 6.55. The lowest BCUT2D eigenvalue weighted by Gasteiger charge is -2.04. The molecule has 0 aromatic carbocycles. The van der Waals surface area contributed by atoms with Crippen LogP contribution in [0.2, 0.25) is 0 Å². The molecule has 3 N–H and O–H groups in total. The summed E-state index contributed by atoms with van der Waals surface area (Å²) in [5.74, 6) is -2.60. The number of rotatable bonds is 1. The molecule has 0 aliphatic carbocycles. The highest BCUT2D eigenvalue weighted by molar-refractivity contribution is 5.91. The SMILES string of the molecule is NC(=O)c1cnc(C(F)(F)F)[nH]c1=O. The van der Waals surface area contributed by atoms with Gasteiger partial charge in [0.1, 0.15) is 5.56 Å². The van der Waals surface area contributed by atoms with Crippen molar-refractivity contribution in [3.05, 3.63) is 27.9 Å². The third-order valence-corrected chi connectivity index (χ3v) is 1.33. The largest absolute Gasteiger partial charge is 0.449 e. The maximum atomic E-state index is 12.0. The zero-order valence-electron chi connectivity index (χ0n) is 6.55. The van der Waals surface area contributed by atoms with E-state index in [2.05, 4.69) is 4.98 Å². The molecule has 1 heterocycles. The Kier molecular flexibility index (Phi) is 2.28. The van der Waals surface area contributed by atoms with Crippen molar-refractivity contribution in [1.29, 1.82) is 0 Å². The van der Waals surface area contributed by atoms with Gasteiger partial charge < -0.3 is 10.7 Å². The van der Waals surface area contributed by atoms with Crippen molar-refractivity contribution in [2.45, 2.75) is 6.18 Å². The Bertz CT molecular complexity index is 423. The number of hydrogen-bond acceptors (Lipinski definition) is 3. The normalized spacial score (nSPS) is 11.4. The van der Waals surface area contributed by atoms with E-state index in [0.717, 1.165) is 0 Å². The highest BCUT2D eigenvalue weighted by atomic mass is 19.4. The Morgan fingerprint density at radius 2 is 2.07 bits per heavy atom. The van der Waals surface area contributed by atoms with Crippen LogP contribution in [0.15, 0.2) is 11.0 Å². The predicted molar refractivity (Wildman–Crippen MR) is 38.4 cm³/mol. The second-order valence-electron chi connectivity index (χ2n) is 2.34. The van der Waals surface area contributed by atoms with Crippen molar-refractivity contribution in [3.63, 3.8) is 0 Å². The lowest BCUT2D eigenvalue weighted by Crippen LogP contribution is -2.27. The molecule has 1 rings (SSSR count). The Hall–Kier alpha value is -1.86. The number of alkyl halides is 3. The molecule has 0 fully saturated rings. The highest BCUT2D eigenvalue weighted by Crippen LogP contribution is 2.24. The van der Waals surface area contributed by atoms with Crippen LogP contribution in [0.25, 0.3) is 0 Å². The molecule has 0 spiro atoms. The fourth-order valence-electron chi connectivity index (χ4n) is 0.714. The Morgan fingerprint density at radius 1 is 1.50 bits per heavy atom. The number of carbonyl (C=O) groups is 1. The number of aromatic nitrogens is 2. The molecule has 0 radical (unpaired) electrons. The molecule has 0 atom stereocenters. The van der Waals surface area contributed by atoms with E-state index >= 15 is 0 Å². The van der Waals surface area contributed by atoms with Crippen LogP contribution >= 0.6 is 0 Å². The summed E-state index contributed by atoms with van der Waals surface area (Å²) in [6.07, 6.45) is -4.26. The fraction of sp³-hybridized carbons (Fsp3) is 0.167. The third kappa shape index (κ3) is 1.90. The predicted octanol–water partition coefficient (Wildman–Crippen LogP) is -0.112. The van der Waals surface area contributed by atoms with E-state index in [1.165, 1.54) is 4.98 Å². The van der Waals surface area contributed by atoms with Gasteiger partial charge in [0.25, 0.3) is 11.5 Å². The monoisotopic (exact) mass is 207 g/mol. The van der Waals surface area contributed by atoms with Gasteiger partial charge in [-0.05, 0) is 0 Å². The number of aromatic amines is 1. The van der Waals surface area contributed by atoms with E-state index < -0.39 is 29.0 Å². The number of H-pyrrole nitrogens is 1. The minimum Gasteiger partial charge on any atom is -0.365 e. The van der Waals surface area contributed by atoms with Crippen LogP contribution < -0.4 is 11.3 Å². The number of nitrogens with zero attached hydrogens (tertiary/aromatic N) is 1. The van der Waals surface area contributed by atoms with Crippen LogP contribution in [-0.2, 0) is 6.18 Å². The summed E-state index contributed by atoms with van der Waals surface area (Å²) in [7, 11) is 0. The van der Waals surface area contributed by atoms with Crippen LogP contribution in [0, 0.1) is 0 Å². The van der Waals surface area contributed by atoms with Crippen molar-refractivity contribution in [2.75, 3.05) is 0 Å². The van der Waals surface area contributed by atoms with E-state index in [0.29, 0.717) is 6.20 Å². The number of nitrogens with two attached hydrogens (primary N) is 1. The lowest BCUT2D eigenvalue weighted by atomic mass is 10.3. The molecule has 1 aromatic rings. The van der Waals surface area contributed by atoms with Gasteiger partial charge in [-0.3, -0.25) is 9.59 Å². The van der Waals surface area contributed by atoms with Gasteiger partial charge in [0, 0.05) is 6.20 Å². The van der Waals surface area contributed by atoms with E-state index in [4.69, 9.17) is 5.73 Å². The molecule has 0 saturated heterocycles. The molecule has 0 aliphatic rings. The summed E-state index contributed by atoms with van der Waals surface area (Å²) in [5.41, 5.74) is 2.87. The minimum atomic E-state index is -4.75. The number of halogens is 3. The van der Waals surface area contributed by atoms with Gasteiger partial charge in [-0.1, -0.05) is 0 Å². The average Bonchev–Trinajstić information content (AvgIpc) is 2.01. The topological polar surface area (TPSA) is 88.8 Å². The Balaban J connectivity index is 3.27. The molecule has 1 amide bonds. The zero-order chi connectivity index (χ0) is 10.9. The van der Waals surface area contributed by atoms with Crippen LogP contribution in [0.3, 0.4) is 0 Å². The molecule has 0 unspecified atom stereocenters. The number of hydrogen-bond donors (Lipinski definition) is 2. The van der Waals surface area contributed by atoms with Gasteiger partial charge in [0.2, 0.25) is 5.82 Å². The number of primary amides is 1. The van der Waals surface area contributed by atoms with Crippen molar-refractivity contribution in [1.82, 2.24) is 9.97 Å². The first-order valence-electron chi connectivity index (χ1n) is 3.28. The van der Waals surface area contributed by atoms with Gasteiger partial charge in [0.05, 0.1) is 0 Å². The van der Waals surface area contributed by atoms with E-state index in [-0.39, 0.29) is 0 Å². The van der Waals surface area contributed by atoms with Crippen molar-refractivity contribution in [2.24, 2.45) is 5.73 Å². The average molecular weight is 207 g/mol. The summed E-state index contributed by atoms with van der Waals surface area (Å²) >= 11 is 0. The van der Waals surface area contributed by atoms with Gasteiger partial charge >= 0.3 is 6.18 Å². The molecule has 1 aromatic heterocycles. The summed E-state index contributed by atoms with van der Waals surface area (Å²) in [4.78, 5) is 25.6. The van der Waals surface area contributed by atoms with Crippen LogP contribution in [0.4, 0.5) is 13.2 Å². The van der Waals surface area contributed by atoms with Gasteiger partial charge in [-0.2, -0.15) is 13.2 Å². The molecule has 14 heavy (non-hydrogen) atoms. The van der Waals surface area contributed by atoms with E-state index in [1.807, 2.05) is 0 Å². The van der Waals surface area contributed by atoms with E-state index in [9.17, 15) is 22.8 Å². The molecule has 0 bridgehead atoms. The first-order chi connectivity index (χ1) is 6.32. The fourth-order valence-corrected chi connectivity index (χ4v) is 0.714. The van der Waals surface area contributed by atoms with Crippen LogP contribution in [-0.4, -0.2) is 15.9 Å². The Labute approximate surface area is 74.8 Å². The standard InChI is InChI=1S/C6H4F3N3O2/c7-6(8,9)5-11-1-2(3(10)13)4(14)12-5/h1H,(H2,10,13)(H,11,12,14). The summed E-state index contributed by atoms with van der Waals surface area (Å²) in [6, 6.07) is 0. The summed E-state index contributed by atoms with van der Waals surface area (Å²) in [6.45, 7) is 0. The van der Waals surface area contributed by atoms with Crippen molar-refractivity contribution >= 4 is 5.91 Å². The maximum Gasteiger partial charge on any atom is 0.449 e. The molecular weight excluding hydrogens is 203 g/mol. The van der Waals surface area contributed by atoms with Crippen LogP contribution in [0.1, 0.15) is 16.2 Å². The smallest absolute Gasteiger partial charge is 0.365 e. The first kappa shape index (κ1) is 10.2. The third-order valence-electron chi connectivity index (χ3n) is 1.33. The molecule has 0 aliphatic heterocycles. The molecule has 76 valence electrons. The van der Waals surface area contributed by atoms with Crippen molar-refractivity contribution in [3.8, 4) is 0 Å².